The van der Waals surface area contributed by atoms with E-state index in [9.17, 15) is 10.1 Å². The van der Waals surface area contributed by atoms with Gasteiger partial charge in [-0.05, 0) is 35.9 Å². The number of hydrogen-bond donors (Lipinski definition) is 1. The second kappa shape index (κ2) is 8.36. The Morgan fingerprint density at radius 1 is 0.962 bits per heavy atom. The standard InChI is InChI=1S/C20H17ClN2O3/c21-20-4-2-1-3-16(20)14-26-19-11-5-15(6-12-19)13-22-17-7-9-18(10-8-17)23(24)25/h1-12,22H,13-14H2. The molecule has 0 heterocycles. The molecule has 3 aromatic carbocycles. The number of nitrogens with zero attached hydrogens (tertiary/aromatic N) is 1. The zero-order chi connectivity index (χ0) is 18.4. The zero-order valence-electron chi connectivity index (χ0n) is 13.9. The van der Waals surface area contributed by atoms with Gasteiger partial charge in [-0.25, -0.2) is 0 Å². The summed E-state index contributed by atoms with van der Waals surface area (Å²) in [7, 11) is 0. The molecule has 0 radical (unpaired) electrons. The fourth-order valence-electron chi connectivity index (χ4n) is 2.39. The molecule has 0 saturated carbocycles. The van der Waals surface area contributed by atoms with Gasteiger partial charge in [0.2, 0.25) is 0 Å². The van der Waals surface area contributed by atoms with Crippen molar-refractivity contribution in [2.24, 2.45) is 0 Å². The first kappa shape index (κ1) is 17.8. The van der Waals surface area contributed by atoms with Gasteiger partial charge >= 0.3 is 0 Å². The lowest BCUT2D eigenvalue weighted by Gasteiger charge is -2.09. The van der Waals surface area contributed by atoms with Crippen LogP contribution in [0.15, 0.2) is 72.8 Å². The van der Waals surface area contributed by atoms with Crippen LogP contribution in [0.5, 0.6) is 5.75 Å². The van der Waals surface area contributed by atoms with E-state index >= 15 is 0 Å². The molecular weight excluding hydrogens is 352 g/mol. The van der Waals surface area contributed by atoms with E-state index in [1.165, 1.54) is 12.1 Å². The quantitative estimate of drug-likeness (QED) is 0.445. The zero-order valence-corrected chi connectivity index (χ0v) is 14.6. The largest absolute Gasteiger partial charge is 0.489 e. The molecular formula is C20H17ClN2O3. The number of nitrogens with one attached hydrogen (secondary N) is 1. The van der Waals surface area contributed by atoms with E-state index in [2.05, 4.69) is 5.32 Å². The second-order valence-corrected chi connectivity index (χ2v) is 6.09. The van der Waals surface area contributed by atoms with Crippen molar-refractivity contribution < 1.29 is 9.66 Å². The maximum absolute atomic E-state index is 10.7. The van der Waals surface area contributed by atoms with E-state index < -0.39 is 4.92 Å². The first-order chi connectivity index (χ1) is 12.6. The van der Waals surface area contributed by atoms with Crippen LogP contribution in [0.4, 0.5) is 11.4 Å². The summed E-state index contributed by atoms with van der Waals surface area (Å²) < 4.78 is 5.76. The Hall–Kier alpha value is -3.05. The molecule has 0 fully saturated rings. The van der Waals surface area contributed by atoms with Gasteiger partial charge in [0, 0.05) is 35.0 Å². The molecule has 3 rings (SSSR count). The summed E-state index contributed by atoms with van der Waals surface area (Å²) in [6.07, 6.45) is 0. The first-order valence-electron chi connectivity index (χ1n) is 8.05. The minimum atomic E-state index is -0.412. The predicted molar refractivity (Wildman–Crippen MR) is 103 cm³/mol. The van der Waals surface area contributed by atoms with Crippen molar-refractivity contribution in [2.75, 3.05) is 5.32 Å². The molecule has 0 unspecified atom stereocenters. The highest BCUT2D eigenvalue weighted by Crippen LogP contribution is 2.20. The summed E-state index contributed by atoms with van der Waals surface area (Å²) in [5, 5.41) is 14.6. The molecule has 0 aromatic heterocycles. The van der Waals surface area contributed by atoms with Gasteiger partial charge in [0.05, 0.1) is 4.92 Å². The van der Waals surface area contributed by atoms with Crippen molar-refractivity contribution in [1.82, 2.24) is 0 Å². The van der Waals surface area contributed by atoms with Gasteiger partial charge in [0.15, 0.2) is 0 Å². The van der Waals surface area contributed by atoms with Crippen LogP contribution in [0.1, 0.15) is 11.1 Å². The van der Waals surface area contributed by atoms with Gasteiger partial charge in [-0.1, -0.05) is 41.9 Å². The number of halogens is 1. The molecule has 26 heavy (non-hydrogen) atoms. The maximum atomic E-state index is 10.7. The minimum Gasteiger partial charge on any atom is -0.489 e. The van der Waals surface area contributed by atoms with Crippen LogP contribution in [-0.2, 0) is 13.2 Å². The van der Waals surface area contributed by atoms with E-state index in [-0.39, 0.29) is 5.69 Å². The number of anilines is 1. The molecule has 6 heteroatoms. The monoisotopic (exact) mass is 368 g/mol. The molecule has 132 valence electrons. The Bertz CT molecular complexity index is 880. The average Bonchev–Trinajstić information content (AvgIpc) is 2.67. The van der Waals surface area contributed by atoms with Crippen LogP contribution >= 0.6 is 11.6 Å². The molecule has 0 saturated heterocycles. The number of benzene rings is 3. The smallest absolute Gasteiger partial charge is 0.269 e. The summed E-state index contributed by atoms with van der Waals surface area (Å²) in [5.74, 6) is 0.768. The third-order valence-corrected chi connectivity index (χ3v) is 4.22. The van der Waals surface area contributed by atoms with E-state index in [4.69, 9.17) is 16.3 Å². The first-order valence-corrected chi connectivity index (χ1v) is 8.43. The minimum absolute atomic E-state index is 0.0792. The fourth-order valence-corrected chi connectivity index (χ4v) is 2.58. The van der Waals surface area contributed by atoms with Crippen molar-refractivity contribution in [3.05, 3.63) is 99.1 Å². The molecule has 3 aromatic rings. The van der Waals surface area contributed by atoms with Crippen molar-refractivity contribution in [3.63, 3.8) is 0 Å². The number of ether oxygens (including phenoxy) is 1. The summed E-state index contributed by atoms with van der Waals surface area (Å²) in [6.45, 7) is 1.03. The Labute approximate surface area is 156 Å². The van der Waals surface area contributed by atoms with E-state index in [1.54, 1.807) is 12.1 Å². The number of nitro benzene ring substituents is 1. The summed E-state index contributed by atoms with van der Waals surface area (Å²) in [5.41, 5.74) is 2.93. The highest BCUT2D eigenvalue weighted by molar-refractivity contribution is 6.31. The number of nitro groups is 1. The molecule has 0 amide bonds. The van der Waals surface area contributed by atoms with Gasteiger partial charge < -0.3 is 10.1 Å². The second-order valence-electron chi connectivity index (χ2n) is 5.68. The van der Waals surface area contributed by atoms with Crippen LogP contribution in [0.2, 0.25) is 5.02 Å². The normalized spacial score (nSPS) is 10.3. The third kappa shape index (κ3) is 4.74. The summed E-state index contributed by atoms with van der Waals surface area (Å²) in [6, 6.07) is 21.7. The average molecular weight is 369 g/mol. The molecule has 0 atom stereocenters. The lowest BCUT2D eigenvalue weighted by atomic mass is 10.2. The lowest BCUT2D eigenvalue weighted by molar-refractivity contribution is -0.384. The molecule has 0 spiro atoms. The highest BCUT2D eigenvalue weighted by Gasteiger charge is 2.04. The van der Waals surface area contributed by atoms with Gasteiger partial charge in [-0.2, -0.15) is 0 Å². The fraction of sp³-hybridized carbons (Fsp3) is 0.100. The SMILES string of the molecule is O=[N+]([O-])c1ccc(NCc2ccc(OCc3ccccc3Cl)cc2)cc1. The highest BCUT2D eigenvalue weighted by atomic mass is 35.5. The number of rotatable bonds is 7. The van der Waals surface area contributed by atoms with Crippen LogP contribution in [0.25, 0.3) is 0 Å². The third-order valence-electron chi connectivity index (χ3n) is 3.85. The molecule has 0 bridgehead atoms. The molecule has 0 aliphatic heterocycles. The Morgan fingerprint density at radius 2 is 1.65 bits per heavy atom. The topological polar surface area (TPSA) is 64.4 Å². The van der Waals surface area contributed by atoms with Crippen molar-refractivity contribution in [1.29, 1.82) is 0 Å². The van der Waals surface area contributed by atoms with Crippen LogP contribution in [0.3, 0.4) is 0 Å². The maximum Gasteiger partial charge on any atom is 0.269 e. The summed E-state index contributed by atoms with van der Waals surface area (Å²) >= 11 is 6.12. The van der Waals surface area contributed by atoms with Crippen molar-refractivity contribution in [3.8, 4) is 5.75 Å². The van der Waals surface area contributed by atoms with Crippen molar-refractivity contribution in [2.45, 2.75) is 13.2 Å². The lowest BCUT2D eigenvalue weighted by Crippen LogP contribution is -2.00. The van der Waals surface area contributed by atoms with Crippen molar-refractivity contribution >= 4 is 23.0 Å². The van der Waals surface area contributed by atoms with E-state index in [0.29, 0.717) is 18.2 Å². The molecule has 0 aliphatic rings. The van der Waals surface area contributed by atoms with Gasteiger partial charge in [0.1, 0.15) is 12.4 Å². The number of hydrogen-bond acceptors (Lipinski definition) is 4. The van der Waals surface area contributed by atoms with E-state index in [0.717, 1.165) is 22.6 Å². The number of non-ortho nitro benzene ring substituents is 1. The molecule has 0 aliphatic carbocycles. The predicted octanol–water partition coefficient (Wildman–Crippen LogP) is 5.44. The summed E-state index contributed by atoms with van der Waals surface area (Å²) in [4.78, 5) is 10.2. The molecule has 5 nitrogen and oxygen atoms in total. The Morgan fingerprint density at radius 3 is 2.31 bits per heavy atom. The van der Waals surface area contributed by atoms with Crippen LogP contribution in [0, 0.1) is 10.1 Å². The molecule has 1 N–H and O–H groups in total. The van der Waals surface area contributed by atoms with E-state index in [1.807, 2.05) is 48.5 Å². The van der Waals surface area contributed by atoms with Gasteiger partial charge in [0.25, 0.3) is 5.69 Å². The van der Waals surface area contributed by atoms with Gasteiger partial charge in [-0.3, -0.25) is 10.1 Å². The Kier molecular flexibility index (Phi) is 5.71. The van der Waals surface area contributed by atoms with Crippen LogP contribution in [-0.4, -0.2) is 4.92 Å². The van der Waals surface area contributed by atoms with Gasteiger partial charge in [-0.15, -0.1) is 0 Å². The van der Waals surface area contributed by atoms with Crippen LogP contribution < -0.4 is 10.1 Å². The Balaban J connectivity index is 1.52.